The van der Waals surface area contributed by atoms with Crippen molar-refractivity contribution in [1.82, 2.24) is 19.7 Å². The third kappa shape index (κ3) is 1.55. The quantitative estimate of drug-likeness (QED) is 0.769. The summed E-state index contributed by atoms with van der Waals surface area (Å²) in [5.74, 6) is -1.49. The molecule has 2 aromatic rings. The number of carbonyl (C=O) groups is 1. The number of primary amides is 1. The van der Waals surface area contributed by atoms with Gasteiger partial charge in [-0.15, -0.1) is 13.2 Å². The van der Waals surface area contributed by atoms with Crippen LogP contribution in [-0.4, -0.2) is 25.7 Å². The first-order valence-electron chi connectivity index (χ1n) is 3.97. The van der Waals surface area contributed by atoms with Gasteiger partial charge in [-0.05, 0) is 0 Å². The summed E-state index contributed by atoms with van der Waals surface area (Å²) in [5, 5.41) is 3.18. The third-order valence-corrected chi connectivity index (χ3v) is 1.77. The van der Waals surface area contributed by atoms with Crippen LogP contribution in [0.3, 0.4) is 0 Å². The van der Waals surface area contributed by atoms with Crippen LogP contribution in [0.25, 0.3) is 11.0 Å². The smallest absolute Gasteiger partial charge is 0.363 e. The van der Waals surface area contributed by atoms with Crippen LogP contribution < -0.4 is 5.73 Å². The van der Waals surface area contributed by atoms with Crippen molar-refractivity contribution in [3.63, 3.8) is 0 Å². The van der Waals surface area contributed by atoms with E-state index in [1.807, 2.05) is 0 Å². The molecule has 0 atom stereocenters. The summed E-state index contributed by atoms with van der Waals surface area (Å²) in [6.07, 6.45) is -2.70. The second-order valence-corrected chi connectivity index (χ2v) is 2.86. The van der Waals surface area contributed by atoms with Crippen LogP contribution >= 0.6 is 0 Å². The molecule has 0 radical (unpaired) electrons. The number of halogens is 3. The van der Waals surface area contributed by atoms with Crippen molar-refractivity contribution in [1.29, 1.82) is 0 Å². The lowest BCUT2D eigenvalue weighted by atomic mass is 10.4. The van der Waals surface area contributed by atoms with Crippen molar-refractivity contribution in [3.05, 3.63) is 18.2 Å². The van der Waals surface area contributed by atoms with Gasteiger partial charge in [0.05, 0.1) is 11.6 Å². The van der Waals surface area contributed by atoms with Gasteiger partial charge in [0.2, 0.25) is 5.82 Å². The second kappa shape index (κ2) is 3.15. The normalized spacial score (nSPS) is 11.9. The molecule has 2 rings (SSSR count). The minimum Gasteiger partial charge on any atom is -0.363 e. The highest BCUT2D eigenvalue weighted by Crippen LogP contribution is 2.25. The standard InChI is InChI=1S/C7H4F3N5O/c8-7(9,10)15-6-3(2-13-15)1-12-5(14-6)4(11)16/h1-2H,(H2,11,16). The fraction of sp³-hybridized carbons (Fsp3) is 0.143. The predicted molar refractivity (Wildman–Crippen MR) is 45.1 cm³/mol. The summed E-state index contributed by atoms with van der Waals surface area (Å²) in [6.45, 7) is 0. The summed E-state index contributed by atoms with van der Waals surface area (Å²) < 4.78 is 37.0. The van der Waals surface area contributed by atoms with Crippen LogP contribution in [-0.2, 0) is 6.30 Å². The molecule has 1 amide bonds. The van der Waals surface area contributed by atoms with Gasteiger partial charge in [0.15, 0.2) is 5.65 Å². The molecule has 0 spiro atoms. The highest BCUT2D eigenvalue weighted by Gasteiger charge is 2.34. The molecule has 16 heavy (non-hydrogen) atoms. The van der Waals surface area contributed by atoms with Gasteiger partial charge in [-0.25, -0.2) is 9.97 Å². The van der Waals surface area contributed by atoms with Crippen molar-refractivity contribution >= 4 is 16.9 Å². The molecule has 0 bridgehead atoms. The lowest BCUT2D eigenvalue weighted by Crippen LogP contribution is -2.20. The van der Waals surface area contributed by atoms with Gasteiger partial charge in [0.25, 0.3) is 5.91 Å². The van der Waals surface area contributed by atoms with Crippen molar-refractivity contribution in [3.8, 4) is 0 Å². The Labute approximate surface area is 85.9 Å². The van der Waals surface area contributed by atoms with E-state index in [0.29, 0.717) is 0 Å². The third-order valence-electron chi connectivity index (χ3n) is 1.77. The molecule has 0 saturated heterocycles. The number of nitrogens with two attached hydrogens (primary N) is 1. The Hall–Kier alpha value is -2.19. The average molecular weight is 231 g/mol. The zero-order valence-electron chi connectivity index (χ0n) is 7.56. The van der Waals surface area contributed by atoms with E-state index in [1.54, 1.807) is 0 Å². The zero-order valence-corrected chi connectivity index (χ0v) is 7.56. The zero-order chi connectivity index (χ0) is 11.9. The van der Waals surface area contributed by atoms with Crippen LogP contribution in [0.1, 0.15) is 10.6 Å². The van der Waals surface area contributed by atoms with E-state index < -0.39 is 23.7 Å². The molecular formula is C7H4F3N5O. The van der Waals surface area contributed by atoms with Crippen LogP contribution in [0, 0.1) is 0 Å². The van der Waals surface area contributed by atoms with E-state index in [9.17, 15) is 18.0 Å². The van der Waals surface area contributed by atoms with Gasteiger partial charge in [0, 0.05) is 6.20 Å². The Morgan fingerprint density at radius 1 is 1.38 bits per heavy atom. The number of rotatable bonds is 1. The first-order chi connectivity index (χ1) is 7.39. The molecule has 84 valence electrons. The van der Waals surface area contributed by atoms with Crippen LogP contribution in [0.5, 0.6) is 0 Å². The number of carbonyl (C=O) groups excluding carboxylic acids is 1. The van der Waals surface area contributed by atoms with E-state index in [1.165, 1.54) is 0 Å². The van der Waals surface area contributed by atoms with Crippen molar-refractivity contribution in [2.75, 3.05) is 0 Å². The summed E-state index contributed by atoms with van der Waals surface area (Å²) in [5.41, 5.74) is 4.35. The first kappa shape index (κ1) is 10.3. The highest BCUT2D eigenvalue weighted by atomic mass is 19.4. The predicted octanol–water partition coefficient (Wildman–Crippen LogP) is 0.401. The monoisotopic (exact) mass is 231 g/mol. The van der Waals surface area contributed by atoms with Crippen molar-refractivity contribution < 1.29 is 18.0 Å². The molecule has 0 aliphatic carbocycles. The number of alkyl halides is 3. The minimum absolute atomic E-state index is 0.0716. The van der Waals surface area contributed by atoms with Gasteiger partial charge in [-0.1, -0.05) is 0 Å². The SMILES string of the molecule is NC(=O)c1ncc2cnn(C(F)(F)F)c2n1. The molecule has 0 saturated carbocycles. The summed E-state index contributed by atoms with van der Waals surface area (Å²) in [7, 11) is 0. The number of amides is 1. The Balaban J connectivity index is 2.70. The number of fused-ring (bicyclic) bond motifs is 1. The maximum Gasteiger partial charge on any atom is 0.506 e. The number of hydrogen-bond acceptors (Lipinski definition) is 4. The molecule has 2 aromatic heterocycles. The molecule has 6 nitrogen and oxygen atoms in total. The Kier molecular flexibility index (Phi) is 2.04. The molecule has 9 heteroatoms. The van der Waals surface area contributed by atoms with E-state index in [4.69, 9.17) is 5.73 Å². The van der Waals surface area contributed by atoms with Gasteiger partial charge in [-0.3, -0.25) is 4.79 Å². The van der Waals surface area contributed by atoms with Gasteiger partial charge in [-0.2, -0.15) is 9.78 Å². The minimum atomic E-state index is -4.70. The Morgan fingerprint density at radius 2 is 2.06 bits per heavy atom. The Bertz CT molecular complexity index is 561. The maximum absolute atomic E-state index is 12.4. The molecule has 0 fully saturated rings. The topological polar surface area (TPSA) is 86.7 Å². The number of hydrogen-bond donors (Lipinski definition) is 1. The molecule has 0 aliphatic rings. The maximum atomic E-state index is 12.4. The van der Waals surface area contributed by atoms with Gasteiger partial charge in [0.1, 0.15) is 0 Å². The molecule has 0 aromatic carbocycles. The fourth-order valence-electron chi connectivity index (χ4n) is 1.12. The first-order valence-corrected chi connectivity index (χ1v) is 3.97. The van der Waals surface area contributed by atoms with Gasteiger partial charge < -0.3 is 5.73 Å². The van der Waals surface area contributed by atoms with E-state index in [-0.39, 0.29) is 10.1 Å². The van der Waals surface area contributed by atoms with E-state index >= 15 is 0 Å². The van der Waals surface area contributed by atoms with Crippen molar-refractivity contribution in [2.24, 2.45) is 5.73 Å². The summed E-state index contributed by atoms with van der Waals surface area (Å²) >= 11 is 0. The van der Waals surface area contributed by atoms with Crippen molar-refractivity contribution in [2.45, 2.75) is 6.30 Å². The Morgan fingerprint density at radius 3 is 2.62 bits per heavy atom. The number of aromatic nitrogens is 4. The van der Waals surface area contributed by atoms with Gasteiger partial charge >= 0.3 is 6.30 Å². The molecule has 0 unspecified atom stereocenters. The largest absolute Gasteiger partial charge is 0.506 e. The second-order valence-electron chi connectivity index (χ2n) is 2.86. The molecular weight excluding hydrogens is 227 g/mol. The molecule has 2 heterocycles. The fourth-order valence-corrected chi connectivity index (χ4v) is 1.12. The lowest BCUT2D eigenvalue weighted by molar-refractivity contribution is -0.209. The molecule has 0 aliphatic heterocycles. The lowest BCUT2D eigenvalue weighted by Gasteiger charge is -2.06. The van der Waals surface area contributed by atoms with E-state index in [0.717, 1.165) is 12.4 Å². The number of nitrogens with zero attached hydrogens (tertiary/aromatic N) is 4. The van der Waals surface area contributed by atoms with Crippen LogP contribution in [0.4, 0.5) is 13.2 Å². The average Bonchev–Trinajstić information content (AvgIpc) is 2.58. The van der Waals surface area contributed by atoms with E-state index in [2.05, 4.69) is 15.1 Å². The summed E-state index contributed by atoms with van der Waals surface area (Å²) in [6, 6.07) is 0. The van der Waals surface area contributed by atoms with Crippen LogP contribution in [0.15, 0.2) is 12.4 Å². The summed E-state index contributed by atoms with van der Waals surface area (Å²) in [4.78, 5) is 17.6. The highest BCUT2D eigenvalue weighted by molar-refractivity contribution is 5.90. The molecule has 2 N–H and O–H groups in total. The van der Waals surface area contributed by atoms with Crippen LogP contribution in [0.2, 0.25) is 0 Å².